The first-order chi connectivity index (χ1) is 6.56. The number of hydrogen-bond acceptors (Lipinski definition) is 3. The molecular weight excluding hydrogens is 178 g/mol. The lowest BCUT2D eigenvalue weighted by atomic mass is 9.97. The summed E-state index contributed by atoms with van der Waals surface area (Å²) >= 11 is 0. The highest BCUT2D eigenvalue weighted by molar-refractivity contribution is 5.92. The zero-order valence-corrected chi connectivity index (χ0v) is 8.70. The Hall–Kier alpha value is -1.51. The molecule has 0 aliphatic carbocycles. The van der Waals surface area contributed by atoms with Crippen LogP contribution in [0.25, 0.3) is 0 Å². The standard InChI is InChI=1S/C11H15NO2/c1-7(2)9-5-4-8(12)6-10(9)11(13)14-3/h4-7H,12H2,1-3H3. The molecule has 1 aromatic carbocycles. The van der Waals surface area contributed by atoms with Gasteiger partial charge in [0, 0.05) is 5.69 Å². The van der Waals surface area contributed by atoms with E-state index in [1.54, 1.807) is 12.1 Å². The number of rotatable bonds is 2. The second-order valence-corrected chi connectivity index (χ2v) is 3.49. The topological polar surface area (TPSA) is 52.3 Å². The van der Waals surface area contributed by atoms with Gasteiger partial charge in [0.25, 0.3) is 0 Å². The number of anilines is 1. The van der Waals surface area contributed by atoms with E-state index in [1.807, 2.05) is 19.9 Å². The molecule has 0 saturated carbocycles. The van der Waals surface area contributed by atoms with Gasteiger partial charge in [-0.3, -0.25) is 0 Å². The third-order valence-electron chi connectivity index (χ3n) is 2.10. The summed E-state index contributed by atoms with van der Waals surface area (Å²) in [6.07, 6.45) is 0. The largest absolute Gasteiger partial charge is 0.465 e. The van der Waals surface area contributed by atoms with Crippen LogP contribution in [0.4, 0.5) is 5.69 Å². The molecule has 3 nitrogen and oxygen atoms in total. The van der Waals surface area contributed by atoms with Crippen molar-refractivity contribution in [2.24, 2.45) is 0 Å². The van der Waals surface area contributed by atoms with E-state index < -0.39 is 0 Å². The van der Waals surface area contributed by atoms with E-state index in [-0.39, 0.29) is 11.9 Å². The van der Waals surface area contributed by atoms with Crippen LogP contribution in [0.1, 0.15) is 35.7 Å². The molecular formula is C11H15NO2. The van der Waals surface area contributed by atoms with E-state index in [4.69, 9.17) is 5.73 Å². The molecule has 0 bridgehead atoms. The van der Waals surface area contributed by atoms with Crippen LogP contribution in [-0.2, 0) is 4.74 Å². The first-order valence-electron chi connectivity index (χ1n) is 4.54. The number of benzene rings is 1. The fourth-order valence-corrected chi connectivity index (χ4v) is 1.36. The Morgan fingerprint density at radius 2 is 2.07 bits per heavy atom. The molecule has 0 amide bonds. The van der Waals surface area contributed by atoms with Gasteiger partial charge in [-0.1, -0.05) is 19.9 Å². The van der Waals surface area contributed by atoms with Crippen LogP contribution in [-0.4, -0.2) is 13.1 Å². The molecule has 0 fully saturated rings. The molecule has 0 aliphatic heterocycles. The first kappa shape index (κ1) is 10.6. The quantitative estimate of drug-likeness (QED) is 0.578. The van der Waals surface area contributed by atoms with Crippen molar-refractivity contribution in [3.05, 3.63) is 29.3 Å². The number of ether oxygens (including phenoxy) is 1. The van der Waals surface area contributed by atoms with Crippen molar-refractivity contribution in [1.29, 1.82) is 0 Å². The van der Waals surface area contributed by atoms with Crippen LogP contribution >= 0.6 is 0 Å². The fraction of sp³-hybridized carbons (Fsp3) is 0.364. The van der Waals surface area contributed by atoms with Crippen LogP contribution in [0.3, 0.4) is 0 Å². The minimum Gasteiger partial charge on any atom is -0.465 e. The molecule has 0 saturated heterocycles. The average Bonchev–Trinajstić information content (AvgIpc) is 2.16. The smallest absolute Gasteiger partial charge is 0.338 e. The van der Waals surface area contributed by atoms with E-state index in [2.05, 4.69) is 4.74 Å². The number of hydrogen-bond donors (Lipinski definition) is 1. The van der Waals surface area contributed by atoms with Crippen molar-refractivity contribution < 1.29 is 9.53 Å². The summed E-state index contributed by atoms with van der Waals surface area (Å²) in [5.41, 5.74) is 7.71. The fourth-order valence-electron chi connectivity index (χ4n) is 1.36. The van der Waals surface area contributed by atoms with Gasteiger partial charge in [0.15, 0.2) is 0 Å². The number of nitrogen functional groups attached to an aromatic ring is 1. The van der Waals surface area contributed by atoms with Gasteiger partial charge in [-0.2, -0.15) is 0 Å². The Morgan fingerprint density at radius 1 is 1.43 bits per heavy atom. The molecule has 0 spiro atoms. The minimum absolute atomic E-state index is 0.282. The summed E-state index contributed by atoms with van der Waals surface area (Å²) in [6, 6.07) is 5.31. The van der Waals surface area contributed by atoms with Gasteiger partial charge in [0.1, 0.15) is 0 Å². The maximum atomic E-state index is 11.4. The summed E-state index contributed by atoms with van der Waals surface area (Å²) in [6.45, 7) is 4.05. The van der Waals surface area contributed by atoms with Gasteiger partial charge in [0.05, 0.1) is 12.7 Å². The molecule has 0 aliphatic rings. The molecule has 76 valence electrons. The van der Waals surface area contributed by atoms with E-state index in [0.29, 0.717) is 11.3 Å². The summed E-state index contributed by atoms with van der Waals surface area (Å²) in [7, 11) is 1.37. The highest BCUT2D eigenvalue weighted by atomic mass is 16.5. The molecule has 0 aromatic heterocycles. The Kier molecular flexibility index (Phi) is 3.12. The SMILES string of the molecule is COC(=O)c1cc(N)ccc1C(C)C. The molecule has 0 radical (unpaired) electrons. The van der Waals surface area contributed by atoms with E-state index in [9.17, 15) is 4.79 Å². The lowest BCUT2D eigenvalue weighted by molar-refractivity contribution is 0.0599. The van der Waals surface area contributed by atoms with Gasteiger partial charge >= 0.3 is 5.97 Å². The molecule has 3 heteroatoms. The maximum Gasteiger partial charge on any atom is 0.338 e. The van der Waals surface area contributed by atoms with Crippen LogP contribution in [0.15, 0.2) is 18.2 Å². The number of nitrogens with two attached hydrogens (primary N) is 1. The molecule has 2 N–H and O–H groups in total. The highest BCUT2D eigenvalue weighted by Gasteiger charge is 2.14. The molecule has 0 unspecified atom stereocenters. The molecule has 1 aromatic rings. The third-order valence-corrected chi connectivity index (χ3v) is 2.10. The maximum absolute atomic E-state index is 11.4. The first-order valence-corrected chi connectivity index (χ1v) is 4.54. The van der Waals surface area contributed by atoms with E-state index in [0.717, 1.165) is 5.56 Å². The summed E-state index contributed by atoms with van der Waals surface area (Å²) in [5.74, 6) is -0.0503. The highest BCUT2D eigenvalue weighted by Crippen LogP contribution is 2.22. The van der Waals surface area contributed by atoms with E-state index >= 15 is 0 Å². The van der Waals surface area contributed by atoms with Crippen LogP contribution in [0.2, 0.25) is 0 Å². The molecule has 0 heterocycles. The lowest BCUT2D eigenvalue weighted by Gasteiger charge is -2.11. The van der Waals surface area contributed by atoms with Crippen LogP contribution in [0, 0.1) is 0 Å². The summed E-state index contributed by atoms with van der Waals surface area (Å²) in [5, 5.41) is 0. The van der Waals surface area contributed by atoms with Crippen LogP contribution < -0.4 is 5.73 Å². The Morgan fingerprint density at radius 3 is 2.57 bits per heavy atom. The van der Waals surface area contributed by atoms with Gasteiger partial charge in [-0.25, -0.2) is 4.79 Å². The van der Waals surface area contributed by atoms with Gasteiger partial charge in [-0.15, -0.1) is 0 Å². The predicted octanol–water partition coefficient (Wildman–Crippen LogP) is 2.18. The van der Waals surface area contributed by atoms with E-state index in [1.165, 1.54) is 7.11 Å². The Labute approximate surface area is 83.9 Å². The summed E-state index contributed by atoms with van der Waals surface area (Å²) in [4.78, 5) is 11.4. The zero-order chi connectivity index (χ0) is 10.7. The normalized spacial score (nSPS) is 10.3. The minimum atomic E-state index is -0.332. The average molecular weight is 193 g/mol. The van der Waals surface area contributed by atoms with Gasteiger partial charge < -0.3 is 10.5 Å². The molecule has 14 heavy (non-hydrogen) atoms. The number of carbonyl (C=O) groups excluding carboxylic acids is 1. The zero-order valence-electron chi connectivity index (χ0n) is 8.70. The predicted molar refractivity (Wildman–Crippen MR) is 56.3 cm³/mol. The third kappa shape index (κ3) is 2.05. The lowest BCUT2D eigenvalue weighted by Crippen LogP contribution is -2.07. The Bertz CT molecular complexity index is 345. The van der Waals surface area contributed by atoms with Crippen molar-refractivity contribution in [1.82, 2.24) is 0 Å². The van der Waals surface area contributed by atoms with Crippen molar-refractivity contribution in [3.63, 3.8) is 0 Å². The van der Waals surface area contributed by atoms with Crippen LogP contribution in [0.5, 0.6) is 0 Å². The summed E-state index contributed by atoms with van der Waals surface area (Å²) < 4.78 is 4.69. The van der Waals surface area contributed by atoms with Crippen molar-refractivity contribution >= 4 is 11.7 Å². The van der Waals surface area contributed by atoms with Gasteiger partial charge in [-0.05, 0) is 23.6 Å². The Balaban J connectivity index is 3.22. The second kappa shape index (κ2) is 4.13. The van der Waals surface area contributed by atoms with Gasteiger partial charge in [0.2, 0.25) is 0 Å². The second-order valence-electron chi connectivity index (χ2n) is 3.49. The molecule has 0 atom stereocenters. The monoisotopic (exact) mass is 193 g/mol. The van der Waals surface area contributed by atoms with Crippen molar-refractivity contribution in [3.8, 4) is 0 Å². The number of methoxy groups -OCH3 is 1. The number of carbonyl (C=O) groups is 1. The van der Waals surface area contributed by atoms with Crippen molar-refractivity contribution in [2.45, 2.75) is 19.8 Å². The van der Waals surface area contributed by atoms with Crippen molar-refractivity contribution in [2.75, 3.05) is 12.8 Å². The molecule has 1 rings (SSSR count). The number of esters is 1.